The van der Waals surface area contributed by atoms with Crippen molar-refractivity contribution < 1.29 is 7.54 Å². The number of ketones is 1. The summed E-state index contributed by atoms with van der Waals surface area (Å²) in [4.78, 5) is 11.8. The summed E-state index contributed by atoms with van der Waals surface area (Å²) < 4.78 is 15.4. The van der Waals surface area contributed by atoms with Crippen LogP contribution in [0.25, 0.3) is 0 Å². The van der Waals surface area contributed by atoms with Gasteiger partial charge in [0.1, 0.15) is 0 Å². The molecule has 0 aromatic heterocycles. The fourth-order valence-electron chi connectivity index (χ4n) is 1.08. The number of carbonyl (C=O) groups excluding carboxylic acids is 1. The second kappa shape index (κ2) is 6.61. The molecule has 0 radical (unpaired) electrons. The lowest BCUT2D eigenvalue weighted by molar-refractivity contribution is 0.0979. The van der Waals surface area contributed by atoms with Crippen LogP contribution in [0.2, 0.25) is 0 Å². The van der Waals surface area contributed by atoms with E-state index in [0.29, 0.717) is 24.3 Å². The fraction of sp³-hybridized carbons (Fsp3) is 0.417. The first kappa shape index (κ1) is 8.49. The predicted molar refractivity (Wildman–Crippen MR) is 60.0 cm³/mol. The van der Waals surface area contributed by atoms with E-state index in [0.717, 1.165) is 0 Å². The average Bonchev–Trinajstić information content (AvgIpc) is 2.35. The zero-order valence-corrected chi connectivity index (χ0v) is 8.70. The molecule has 0 saturated carbocycles. The molecule has 0 amide bonds. The van der Waals surface area contributed by atoms with E-state index in [2.05, 4.69) is 0 Å². The number of Topliss-reactive ketones (excluding diaryl/α,β-unsaturated/α-hetero) is 1. The molecular formula is C12H15ClO. The molecule has 1 aromatic carbocycles. The van der Waals surface area contributed by atoms with Gasteiger partial charge in [-0.15, -0.1) is 11.6 Å². The van der Waals surface area contributed by atoms with Crippen LogP contribution in [-0.2, 0) is 0 Å². The van der Waals surface area contributed by atoms with Gasteiger partial charge in [-0.05, 0) is 12.8 Å². The number of rotatable bonds is 6. The van der Waals surface area contributed by atoms with E-state index in [1.807, 2.05) is 6.07 Å². The van der Waals surface area contributed by atoms with Crippen LogP contribution in [0.5, 0.6) is 0 Å². The molecule has 0 aliphatic heterocycles. The summed E-state index contributed by atoms with van der Waals surface area (Å²) in [5.41, 5.74) is 0.505. The molecule has 76 valence electrons. The molecule has 1 rings (SSSR count). The van der Waals surface area contributed by atoms with Crippen molar-refractivity contribution in [2.75, 3.05) is 5.88 Å². The quantitative estimate of drug-likeness (QED) is 0.520. The number of carbonyl (C=O) groups is 1. The normalized spacial score (nSPS) is 16.6. The average molecular weight is 213 g/mol. The molecule has 2 heteroatoms. The van der Waals surface area contributed by atoms with Crippen LogP contribution < -0.4 is 0 Å². The first-order chi connectivity index (χ1) is 7.66. The maximum absolute atomic E-state index is 11.8. The predicted octanol–water partition coefficient (Wildman–Crippen LogP) is 3.67. The van der Waals surface area contributed by atoms with E-state index in [9.17, 15) is 4.79 Å². The Kier molecular flexibility index (Phi) is 4.00. The van der Waals surface area contributed by atoms with Crippen LogP contribution in [0.3, 0.4) is 0 Å². The Morgan fingerprint density at radius 3 is 2.64 bits per heavy atom. The molecule has 0 N–H and O–H groups in total. The third-order valence-electron chi connectivity index (χ3n) is 1.83. The van der Waals surface area contributed by atoms with Gasteiger partial charge in [-0.2, -0.15) is 0 Å². The van der Waals surface area contributed by atoms with Gasteiger partial charge in [-0.3, -0.25) is 4.79 Å². The third-order valence-corrected chi connectivity index (χ3v) is 2.10. The van der Waals surface area contributed by atoms with E-state index in [1.54, 1.807) is 24.3 Å². The Morgan fingerprint density at radius 2 is 2.00 bits per heavy atom. The van der Waals surface area contributed by atoms with Crippen LogP contribution in [0.1, 0.15) is 38.7 Å². The van der Waals surface area contributed by atoms with Crippen molar-refractivity contribution in [2.45, 2.75) is 25.6 Å². The largest absolute Gasteiger partial charge is 0.294 e. The van der Waals surface area contributed by atoms with Crippen LogP contribution in [0.15, 0.2) is 30.3 Å². The van der Waals surface area contributed by atoms with E-state index in [1.165, 1.54) is 0 Å². The molecular weight excluding hydrogens is 196 g/mol. The van der Waals surface area contributed by atoms with Gasteiger partial charge in [0, 0.05) is 20.6 Å². The van der Waals surface area contributed by atoms with Crippen molar-refractivity contribution in [3.63, 3.8) is 0 Å². The van der Waals surface area contributed by atoms with Crippen molar-refractivity contribution in [1.29, 1.82) is 0 Å². The molecule has 14 heavy (non-hydrogen) atoms. The molecule has 2 atom stereocenters. The lowest BCUT2D eigenvalue weighted by Gasteiger charge is -1.99. The fourth-order valence-corrected chi connectivity index (χ4v) is 1.24. The number of benzene rings is 1. The van der Waals surface area contributed by atoms with Crippen LogP contribution in [-0.4, -0.2) is 11.7 Å². The summed E-state index contributed by atoms with van der Waals surface area (Å²) in [7, 11) is 0. The molecule has 2 unspecified atom stereocenters. The zero-order valence-electron chi connectivity index (χ0n) is 9.95. The van der Waals surface area contributed by atoms with E-state index >= 15 is 0 Å². The van der Waals surface area contributed by atoms with E-state index in [-0.39, 0.29) is 5.78 Å². The summed E-state index contributed by atoms with van der Waals surface area (Å²) in [6.45, 7) is 0. The van der Waals surface area contributed by atoms with Crippen molar-refractivity contribution in [2.24, 2.45) is 0 Å². The Morgan fingerprint density at radius 1 is 1.29 bits per heavy atom. The standard InChI is InChI=1S/C12H15ClO/c13-10-6-2-5-9-12(14)11-7-3-1-4-8-11/h1,3-4,7-8H,2,5-6,9-10H2/i5D,9D. The van der Waals surface area contributed by atoms with Crippen molar-refractivity contribution in [3.05, 3.63) is 35.9 Å². The Bertz CT molecular complexity index is 329. The number of hydrogen-bond acceptors (Lipinski definition) is 1. The molecule has 1 nitrogen and oxygen atoms in total. The van der Waals surface area contributed by atoms with Gasteiger partial charge in [0.2, 0.25) is 0 Å². The minimum Gasteiger partial charge on any atom is -0.294 e. The number of hydrogen-bond donors (Lipinski definition) is 0. The number of halogens is 1. The topological polar surface area (TPSA) is 17.1 Å². The summed E-state index contributed by atoms with van der Waals surface area (Å²) in [6, 6.07) is 8.70. The van der Waals surface area contributed by atoms with Crippen molar-refractivity contribution in [3.8, 4) is 0 Å². The monoisotopic (exact) mass is 212 g/mol. The zero-order chi connectivity index (χ0) is 12.0. The minimum atomic E-state index is -1.01. The summed E-state index contributed by atoms with van der Waals surface area (Å²) in [5, 5.41) is 0. The van der Waals surface area contributed by atoms with Gasteiger partial charge in [0.15, 0.2) is 5.78 Å². The molecule has 0 aliphatic rings. The molecule has 0 spiro atoms. The Hall–Kier alpha value is -0.820. The maximum atomic E-state index is 11.8. The van der Waals surface area contributed by atoms with Gasteiger partial charge < -0.3 is 0 Å². The van der Waals surface area contributed by atoms with E-state index < -0.39 is 12.8 Å². The van der Waals surface area contributed by atoms with Gasteiger partial charge in [0.25, 0.3) is 0 Å². The van der Waals surface area contributed by atoms with Crippen molar-refractivity contribution >= 4 is 17.4 Å². The highest BCUT2D eigenvalue weighted by molar-refractivity contribution is 6.17. The lowest BCUT2D eigenvalue weighted by Crippen LogP contribution is -1.98. The lowest BCUT2D eigenvalue weighted by atomic mass is 10.1. The summed E-state index contributed by atoms with van der Waals surface area (Å²) in [6.07, 6.45) is -0.527. The maximum Gasteiger partial charge on any atom is 0.162 e. The van der Waals surface area contributed by atoms with Gasteiger partial charge >= 0.3 is 0 Å². The first-order valence-electron chi connectivity index (χ1n) is 5.82. The Balaban J connectivity index is 2.60. The first-order valence-corrected chi connectivity index (χ1v) is 5.20. The highest BCUT2D eigenvalue weighted by atomic mass is 35.5. The second-order valence-corrected chi connectivity index (χ2v) is 3.34. The molecule has 0 heterocycles. The van der Waals surface area contributed by atoms with Crippen LogP contribution in [0.4, 0.5) is 0 Å². The highest BCUT2D eigenvalue weighted by Crippen LogP contribution is 2.08. The molecule has 0 saturated heterocycles. The van der Waals surface area contributed by atoms with Crippen LogP contribution >= 0.6 is 11.6 Å². The van der Waals surface area contributed by atoms with Gasteiger partial charge in [-0.1, -0.05) is 36.8 Å². The van der Waals surface area contributed by atoms with E-state index in [4.69, 9.17) is 14.3 Å². The smallest absolute Gasteiger partial charge is 0.162 e. The minimum absolute atomic E-state index is 0.282. The second-order valence-electron chi connectivity index (χ2n) is 2.96. The van der Waals surface area contributed by atoms with Gasteiger partial charge in [0.05, 0.1) is 0 Å². The molecule has 0 bridgehead atoms. The Labute approximate surface area is 92.9 Å². The SMILES string of the molecule is [2H]C(CCCCl)C([2H])C(=O)c1ccccc1. The van der Waals surface area contributed by atoms with Crippen LogP contribution in [0, 0.1) is 0 Å². The molecule has 0 fully saturated rings. The van der Waals surface area contributed by atoms with Crippen molar-refractivity contribution in [1.82, 2.24) is 0 Å². The number of alkyl halides is 1. The molecule has 0 aliphatic carbocycles. The summed E-state index contributed by atoms with van der Waals surface area (Å²) in [5.74, 6) is 0.192. The summed E-state index contributed by atoms with van der Waals surface area (Å²) >= 11 is 5.52. The highest BCUT2D eigenvalue weighted by Gasteiger charge is 2.03. The molecule has 1 aromatic rings. The third kappa shape index (κ3) is 3.93. The van der Waals surface area contributed by atoms with Gasteiger partial charge in [-0.25, -0.2) is 0 Å².